The van der Waals surface area contributed by atoms with Crippen LogP contribution in [0.1, 0.15) is 21.5 Å². The van der Waals surface area contributed by atoms with Gasteiger partial charge in [-0.25, -0.2) is 8.42 Å². The molecule has 1 aromatic rings. The molecule has 0 saturated carbocycles. The second-order valence-electron chi connectivity index (χ2n) is 4.99. The molecule has 1 aromatic carbocycles. The molecule has 6 heteroatoms. The Kier molecular flexibility index (Phi) is 3.87. The normalized spacial score (nSPS) is 25.2. The lowest BCUT2D eigenvalue weighted by Crippen LogP contribution is -2.40. The summed E-state index contributed by atoms with van der Waals surface area (Å²) in [6, 6.07) is 5.00. The quantitative estimate of drug-likeness (QED) is 0.841. The van der Waals surface area contributed by atoms with Gasteiger partial charge in [0.15, 0.2) is 9.84 Å². The number of amides is 1. The summed E-state index contributed by atoms with van der Waals surface area (Å²) < 4.78 is 22.9. The maximum Gasteiger partial charge on any atom is 0.251 e. The standard InChI is InChI=1S/C13H16ClNO3S/c1-8-3-4-10(9(2)5-8)13(16)15-12-7-19(17,18)6-11(12)14/h3-5,11-12H,6-7H2,1-2H3,(H,15,16). The lowest BCUT2D eigenvalue weighted by molar-refractivity contribution is 0.0941. The minimum absolute atomic E-state index is 0.0770. The smallest absolute Gasteiger partial charge is 0.251 e. The van der Waals surface area contributed by atoms with Crippen molar-refractivity contribution in [2.24, 2.45) is 0 Å². The van der Waals surface area contributed by atoms with Crippen molar-refractivity contribution >= 4 is 27.3 Å². The van der Waals surface area contributed by atoms with E-state index >= 15 is 0 Å². The number of sulfone groups is 1. The molecule has 2 atom stereocenters. The highest BCUT2D eigenvalue weighted by Crippen LogP contribution is 2.19. The third-order valence-electron chi connectivity index (χ3n) is 3.23. The lowest BCUT2D eigenvalue weighted by atomic mass is 10.0. The Morgan fingerprint density at radius 2 is 2.00 bits per heavy atom. The van der Waals surface area contributed by atoms with Crippen LogP contribution in [0.25, 0.3) is 0 Å². The van der Waals surface area contributed by atoms with Crippen LogP contribution >= 0.6 is 11.6 Å². The van der Waals surface area contributed by atoms with E-state index in [2.05, 4.69) is 5.32 Å². The summed E-state index contributed by atoms with van der Waals surface area (Å²) in [5.74, 6) is -0.435. The van der Waals surface area contributed by atoms with Crippen LogP contribution < -0.4 is 5.32 Å². The fraction of sp³-hybridized carbons (Fsp3) is 0.462. The first-order chi connectivity index (χ1) is 8.78. The maximum absolute atomic E-state index is 12.1. The van der Waals surface area contributed by atoms with Crippen LogP contribution in [0.4, 0.5) is 0 Å². The van der Waals surface area contributed by atoms with Gasteiger partial charge >= 0.3 is 0 Å². The van der Waals surface area contributed by atoms with Gasteiger partial charge in [-0.15, -0.1) is 11.6 Å². The SMILES string of the molecule is Cc1ccc(C(=O)NC2CS(=O)(=O)CC2Cl)c(C)c1. The van der Waals surface area contributed by atoms with Crippen molar-refractivity contribution in [3.8, 4) is 0 Å². The van der Waals surface area contributed by atoms with Gasteiger partial charge in [0.1, 0.15) is 0 Å². The number of rotatable bonds is 2. The van der Waals surface area contributed by atoms with E-state index in [0.29, 0.717) is 5.56 Å². The van der Waals surface area contributed by atoms with Crippen molar-refractivity contribution in [1.82, 2.24) is 5.32 Å². The van der Waals surface area contributed by atoms with E-state index in [1.165, 1.54) is 0 Å². The molecule has 1 N–H and O–H groups in total. The van der Waals surface area contributed by atoms with Gasteiger partial charge in [-0.05, 0) is 25.5 Å². The summed E-state index contributed by atoms with van der Waals surface area (Å²) in [5.41, 5.74) is 2.50. The van der Waals surface area contributed by atoms with Gasteiger partial charge in [0.2, 0.25) is 0 Å². The van der Waals surface area contributed by atoms with Crippen molar-refractivity contribution in [2.45, 2.75) is 25.3 Å². The predicted molar refractivity (Wildman–Crippen MR) is 75.5 cm³/mol. The molecule has 1 amide bonds. The summed E-state index contributed by atoms with van der Waals surface area (Å²) in [5, 5.41) is 2.15. The zero-order valence-corrected chi connectivity index (χ0v) is 12.4. The largest absolute Gasteiger partial charge is 0.347 e. The molecule has 0 aliphatic carbocycles. The molecule has 2 unspecified atom stereocenters. The van der Waals surface area contributed by atoms with Gasteiger partial charge in [-0.2, -0.15) is 0 Å². The van der Waals surface area contributed by atoms with Gasteiger partial charge in [0, 0.05) is 5.56 Å². The molecular formula is C13H16ClNO3S. The number of aryl methyl sites for hydroxylation is 2. The van der Waals surface area contributed by atoms with Gasteiger partial charge in [0.05, 0.1) is 22.9 Å². The third-order valence-corrected chi connectivity index (χ3v) is 5.60. The van der Waals surface area contributed by atoms with Crippen molar-refractivity contribution in [3.05, 3.63) is 34.9 Å². The van der Waals surface area contributed by atoms with Crippen molar-refractivity contribution < 1.29 is 13.2 Å². The molecule has 1 saturated heterocycles. The Balaban J connectivity index is 2.14. The number of hydrogen-bond acceptors (Lipinski definition) is 3. The molecular weight excluding hydrogens is 286 g/mol. The second kappa shape index (κ2) is 5.13. The molecule has 1 aliphatic heterocycles. The summed E-state index contributed by atoms with van der Waals surface area (Å²) in [6.45, 7) is 3.80. The summed E-state index contributed by atoms with van der Waals surface area (Å²) in [4.78, 5) is 12.1. The molecule has 0 bridgehead atoms. The first kappa shape index (κ1) is 14.3. The van der Waals surface area contributed by atoms with Gasteiger partial charge < -0.3 is 5.32 Å². The molecule has 1 fully saturated rings. The maximum atomic E-state index is 12.1. The van der Waals surface area contributed by atoms with Crippen LogP contribution in [0.2, 0.25) is 0 Å². The average Bonchev–Trinajstić information content (AvgIpc) is 2.51. The fourth-order valence-electron chi connectivity index (χ4n) is 2.25. The van der Waals surface area contributed by atoms with E-state index in [1.54, 1.807) is 6.07 Å². The third kappa shape index (κ3) is 3.28. The van der Waals surface area contributed by atoms with E-state index < -0.39 is 21.3 Å². The molecule has 2 rings (SSSR count). The van der Waals surface area contributed by atoms with E-state index in [0.717, 1.165) is 11.1 Å². The number of carbonyl (C=O) groups is 1. The van der Waals surface area contributed by atoms with Crippen molar-refractivity contribution in [2.75, 3.05) is 11.5 Å². The number of carbonyl (C=O) groups excluding carboxylic acids is 1. The second-order valence-corrected chi connectivity index (χ2v) is 7.71. The number of halogens is 1. The molecule has 4 nitrogen and oxygen atoms in total. The minimum atomic E-state index is -3.14. The van der Waals surface area contributed by atoms with Gasteiger partial charge in [-0.1, -0.05) is 17.7 Å². The van der Waals surface area contributed by atoms with E-state index in [-0.39, 0.29) is 17.4 Å². The molecule has 19 heavy (non-hydrogen) atoms. The Bertz CT molecular complexity index is 612. The number of nitrogens with one attached hydrogen (secondary N) is 1. The summed E-state index contributed by atoms with van der Waals surface area (Å²) >= 11 is 5.97. The first-order valence-electron chi connectivity index (χ1n) is 6.01. The highest BCUT2D eigenvalue weighted by Gasteiger charge is 2.37. The Hall–Kier alpha value is -1.07. The van der Waals surface area contributed by atoms with Crippen LogP contribution in [0.5, 0.6) is 0 Å². The fourth-order valence-corrected chi connectivity index (χ4v) is 4.80. The number of benzene rings is 1. The topological polar surface area (TPSA) is 63.2 Å². The number of hydrogen-bond donors (Lipinski definition) is 1. The Labute approximate surface area is 118 Å². The van der Waals surface area contributed by atoms with Gasteiger partial charge in [-0.3, -0.25) is 4.79 Å². The predicted octanol–water partition coefficient (Wildman–Crippen LogP) is 1.44. The highest BCUT2D eigenvalue weighted by molar-refractivity contribution is 7.91. The monoisotopic (exact) mass is 301 g/mol. The van der Waals surface area contributed by atoms with Crippen LogP contribution in [0.3, 0.4) is 0 Å². The molecule has 0 aromatic heterocycles. The molecule has 104 valence electrons. The van der Waals surface area contributed by atoms with Crippen LogP contribution in [-0.4, -0.2) is 37.2 Å². The molecule has 0 radical (unpaired) electrons. The van der Waals surface area contributed by atoms with E-state index in [9.17, 15) is 13.2 Å². The lowest BCUT2D eigenvalue weighted by Gasteiger charge is -2.15. The van der Waals surface area contributed by atoms with Crippen molar-refractivity contribution in [3.63, 3.8) is 0 Å². The van der Waals surface area contributed by atoms with Crippen LogP contribution in [0, 0.1) is 13.8 Å². The van der Waals surface area contributed by atoms with E-state index in [1.807, 2.05) is 26.0 Å². The Morgan fingerprint density at radius 3 is 2.53 bits per heavy atom. The molecule has 0 spiro atoms. The van der Waals surface area contributed by atoms with Crippen LogP contribution in [-0.2, 0) is 9.84 Å². The van der Waals surface area contributed by atoms with E-state index in [4.69, 9.17) is 11.6 Å². The number of alkyl halides is 1. The van der Waals surface area contributed by atoms with Gasteiger partial charge in [0.25, 0.3) is 5.91 Å². The van der Waals surface area contributed by atoms with Crippen LogP contribution in [0.15, 0.2) is 18.2 Å². The minimum Gasteiger partial charge on any atom is -0.347 e. The zero-order valence-electron chi connectivity index (χ0n) is 10.8. The highest BCUT2D eigenvalue weighted by atomic mass is 35.5. The Morgan fingerprint density at radius 1 is 1.32 bits per heavy atom. The molecule has 1 heterocycles. The first-order valence-corrected chi connectivity index (χ1v) is 8.27. The van der Waals surface area contributed by atoms with Crippen molar-refractivity contribution in [1.29, 1.82) is 0 Å². The summed E-state index contributed by atoms with van der Waals surface area (Å²) in [7, 11) is -3.14. The molecule has 1 aliphatic rings. The zero-order chi connectivity index (χ0) is 14.2. The summed E-state index contributed by atoms with van der Waals surface area (Å²) in [6.07, 6.45) is 0. The average molecular weight is 302 g/mol.